The molecule has 1 heterocycles. The summed E-state index contributed by atoms with van der Waals surface area (Å²) in [6.07, 6.45) is 5.36. The Balaban J connectivity index is 2.58. The number of allylic oxidation sites excluding steroid dienone is 1. The van der Waals surface area contributed by atoms with Crippen LogP contribution in [0.5, 0.6) is 0 Å². The first-order valence-corrected chi connectivity index (χ1v) is 3.73. The van der Waals surface area contributed by atoms with Crippen molar-refractivity contribution in [3.8, 4) is 0 Å². The van der Waals surface area contributed by atoms with E-state index in [-0.39, 0.29) is 5.69 Å². The van der Waals surface area contributed by atoms with Crippen LogP contribution in [0.2, 0.25) is 0 Å². The first-order valence-electron chi connectivity index (χ1n) is 3.73. The van der Waals surface area contributed by atoms with Crippen molar-refractivity contribution in [1.82, 2.24) is 9.97 Å². The number of aromatic nitrogens is 2. The van der Waals surface area contributed by atoms with E-state index in [1.54, 1.807) is 6.07 Å². The molecule has 1 aromatic heterocycles. The van der Waals surface area contributed by atoms with Crippen molar-refractivity contribution in [2.45, 2.75) is 6.92 Å². The normalized spacial score (nSPS) is 10.4. The summed E-state index contributed by atoms with van der Waals surface area (Å²) in [6.45, 7) is 2.65. The van der Waals surface area contributed by atoms with Gasteiger partial charge in [-0.05, 0) is 13.0 Å². The maximum absolute atomic E-state index is 10.7. The Bertz CT molecular complexity index is 316. The van der Waals surface area contributed by atoms with E-state index in [1.807, 2.05) is 19.1 Å². The Hall–Kier alpha value is -1.58. The van der Waals surface area contributed by atoms with Crippen molar-refractivity contribution in [2.75, 3.05) is 11.9 Å². The van der Waals surface area contributed by atoms with Gasteiger partial charge in [-0.2, -0.15) is 0 Å². The highest BCUT2D eigenvalue weighted by Crippen LogP contribution is 1.93. The highest BCUT2D eigenvalue weighted by atomic mass is 16.1. The van der Waals surface area contributed by atoms with Crippen molar-refractivity contribution in [1.29, 1.82) is 0 Å². The Morgan fingerprint density at radius 1 is 1.75 bits per heavy atom. The minimum atomic E-state index is -0.333. The maximum Gasteiger partial charge on any atom is 0.346 e. The summed E-state index contributed by atoms with van der Waals surface area (Å²) >= 11 is 0. The van der Waals surface area contributed by atoms with Crippen LogP contribution < -0.4 is 11.0 Å². The fraction of sp³-hybridized carbons (Fsp3) is 0.250. The average Bonchev–Trinajstić information content (AvgIpc) is 2.05. The van der Waals surface area contributed by atoms with E-state index in [4.69, 9.17) is 0 Å². The lowest BCUT2D eigenvalue weighted by Crippen LogP contribution is -2.12. The number of rotatable bonds is 3. The molecule has 1 aromatic rings. The summed E-state index contributed by atoms with van der Waals surface area (Å²) < 4.78 is 0. The van der Waals surface area contributed by atoms with Crippen molar-refractivity contribution < 1.29 is 0 Å². The van der Waals surface area contributed by atoms with E-state index in [0.29, 0.717) is 12.4 Å². The molecule has 0 saturated heterocycles. The molecule has 64 valence electrons. The molecule has 4 nitrogen and oxygen atoms in total. The second-order valence-corrected chi connectivity index (χ2v) is 2.24. The molecule has 0 amide bonds. The molecule has 0 aromatic carbocycles. The van der Waals surface area contributed by atoms with Crippen molar-refractivity contribution in [3.63, 3.8) is 0 Å². The van der Waals surface area contributed by atoms with Gasteiger partial charge in [-0.25, -0.2) is 9.78 Å². The molecule has 0 aliphatic carbocycles. The van der Waals surface area contributed by atoms with Crippen LogP contribution in [0.3, 0.4) is 0 Å². The summed E-state index contributed by atoms with van der Waals surface area (Å²) in [5.41, 5.74) is -0.333. The quantitative estimate of drug-likeness (QED) is 0.650. The predicted molar refractivity (Wildman–Crippen MR) is 48.2 cm³/mol. The minimum Gasteiger partial charge on any atom is -0.368 e. The van der Waals surface area contributed by atoms with E-state index in [9.17, 15) is 4.79 Å². The molecule has 0 atom stereocenters. The van der Waals surface area contributed by atoms with Gasteiger partial charge in [-0.3, -0.25) is 4.98 Å². The van der Waals surface area contributed by atoms with Crippen LogP contribution in [-0.4, -0.2) is 16.5 Å². The Kier molecular flexibility index (Phi) is 3.07. The van der Waals surface area contributed by atoms with E-state index in [1.165, 1.54) is 6.20 Å². The van der Waals surface area contributed by atoms with Crippen molar-refractivity contribution in [2.24, 2.45) is 0 Å². The largest absolute Gasteiger partial charge is 0.368 e. The van der Waals surface area contributed by atoms with Gasteiger partial charge in [0.2, 0.25) is 0 Å². The lowest BCUT2D eigenvalue weighted by Gasteiger charge is -2.00. The molecule has 4 heteroatoms. The molecule has 0 aliphatic heterocycles. The van der Waals surface area contributed by atoms with Crippen LogP contribution in [0.15, 0.2) is 29.2 Å². The molecular formula is C8H11N3O. The van der Waals surface area contributed by atoms with Crippen LogP contribution in [0.1, 0.15) is 6.92 Å². The molecule has 0 spiro atoms. The summed E-state index contributed by atoms with van der Waals surface area (Å²) in [5.74, 6) is 0.688. The standard InChI is InChI=1S/C8H11N3O/c1-2-3-5-9-7-4-6-10-8(12)11-7/h2-4,6H,5H2,1H3,(H2,9,10,11,12)/b3-2+. The van der Waals surface area contributed by atoms with E-state index < -0.39 is 0 Å². The van der Waals surface area contributed by atoms with Gasteiger partial charge < -0.3 is 5.32 Å². The molecule has 0 aliphatic rings. The summed E-state index contributed by atoms with van der Waals surface area (Å²) in [4.78, 5) is 16.8. The third-order valence-electron chi connectivity index (χ3n) is 1.32. The number of aromatic amines is 1. The first-order chi connectivity index (χ1) is 5.83. The van der Waals surface area contributed by atoms with Gasteiger partial charge in [-0.1, -0.05) is 12.2 Å². The number of anilines is 1. The number of nitrogens with one attached hydrogen (secondary N) is 2. The van der Waals surface area contributed by atoms with Crippen LogP contribution in [0.25, 0.3) is 0 Å². The number of hydrogen-bond donors (Lipinski definition) is 2. The van der Waals surface area contributed by atoms with Crippen molar-refractivity contribution >= 4 is 5.82 Å². The van der Waals surface area contributed by atoms with Crippen LogP contribution in [0, 0.1) is 0 Å². The van der Waals surface area contributed by atoms with Crippen molar-refractivity contribution in [3.05, 3.63) is 34.9 Å². The summed E-state index contributed by atoms with van der Waals surface area (Å²) in [7, 11) is 0. The van der Waals surface area contributed by atoms with Crippen LogP contribution in [-0.2, 0) is 0 Å². The van der Waals surface area contributed by atoms with Gasteiger partial charge >= 0.3 is 5.69 Å². The topological polar surface area (TPSA) is 57.8 Å². The SMILES string of the molecule is C/C=C/CNc1ccnc(=O)[nH]1. The molecule has 0 fully saturated rings. The number of H-pyrrole nitrogens is 1. The lowest BCUT2D eigenvalue weighted by atomic mass is 10.5. The molecule has 1 rings (SSSR count). The summed E-state index contributed by atoms with van der Waals surface area (Å²) in [5, 5.41) is 3.00. The second-order valence-electron chi connectivity index (χ2n) is 2.24. The fourth-order valence-electron chi connectivity index (χ4n) is 0.758. The second kappa shape index (κ2) is 4.33. The maximum atomic E-state index is 10.7. The molecule has 0 unspecified atom stereocenters. The highest BCUT2D eigenvalue weighted by molar-refractivity contribution is 5.32. The zero-order chi connectivity index (χ0) is 8.81. The third kappa shape index (κ3) is 2.57. The fourth-order valence-corrected chi connectivity index (χ4v) is 0.758. The van der Waals surface area contributed by atoms with Crippen LogP contribution >= 0.6 is 0 Å². The first kappa shape index (κ1) is 8.52. The Morgan fingerprint density at radius 3 is 3.25 bits per heavy atom. The molecule has 0 radical (unpaired) electrons. The molecule has 2 N–H and O–H groups in total. The average molecular weight is 165 g/mol. The lowest BCUT2D eigenvalue weighted by molar-refractivity contribution is 1.06. The highest BCUT2D eigenvalue weighted by Gasteiger charge is 1.88. The minimum absolute atomic E-state index is 0.333. The smallest absolute Gasteiger partial charge is 0.346 e. The molecule has 0 bridgehead atoms. The van der Waals surface area contributed by atoms with E-state index >= 15 is 0 Å². The van der Waals surface area contributed by atoms with E-state index in [2.05, 4.69) is 15.3 Å². The zero-order valence-electron chi connectivity index (χ0n) is 6.87. The van der Waals surface area contributed by atoms with E-state index in [0.717, 1.165) is 0 Å². The Labute approximate surface area is 70.4 Å². The van der Waals surface area contributed by atoms with Gasteiger partial charge in [0.1, 0.15) is 5.82 Å². The van der Waals surface area contributed by atoms with Gasteiger partial charge in [0.15, 0.2) is 0 Å². The molecule has 12 heavy (non-hydrogen) atoms. The number of hydrogen-bond acceptors (Lipinski definition) is 3. The zero-order valence-corrected chi connectivity index (χ0v) is 6.87. The monoisotopic (exact) mass is 165 g/mol. The summed E-state index contributed by atoms with van der Waals surface area (Å²) in [6, 6.07) is 1.71. The molecular weight excluding hydrogens is 154 g/mol. The van der Waals surface area contributed by atoms with Gasteiger partial charge in [-0.15, -0.1) is 0 Å². The van der Waals surface area contributed by atoms with Gasteiger partial charge in [0.25, 0.3) is 0 Å². The van der Waals surface area contributed by atoms with Crippen LogP contribution in [0.4, 0.5) is 5.82 Å². The number of nitrogens with zero attached hydrogens (tertiary/aromatic N) is 1. The van der Waals surface area contributed by atoms with Gasteiger partial charge in [0.05, 0.1) is 0 Å². The Morgan fingerprint density at radius 2 is 2.58 bits per heavy atom. The molecule has 0 saturated carbocycles. The third-order valence-corrected chi connectivity index (χ3v) is 1.32. The predicted octanol–water partition coefficient (Wildman–Crippen LogP) is 0.758. The van der Waals surface area contributed by atoms with Gasteiger partial charge in [0, 0.05) is 12.7 Å².